The van der Waals surface area contributed by atoms with Gasteiger partial charge in [-0.05, 0) is 24.8 Å². The Hall–Kier alpha value is -2.12. The van der Waals surface area contributed by atoms with E-state index in [0.29, 0.717) is 10.8 Å². The van der Waals surface area contributed by atoms with E-state index in [0.717, 1.165) is 5.56 Å². The number of hydrogen-bond acceptors (Lipinski definition) is 5. The van der Waals surface area contributed by atoms with Gasteiger partial charge in [0.2, 0.25) is 5.91 Å². The number of rotatable bonds is 5. The Morgan fingerprint density at radius 1 is 1.30 bits per heavy atom. The summed E-state index contributed by atoms with van der Waals surface area (Å²) < 4.78 is 0. The van der Waals surface area contributed by atoms with Gasteiger partial charge in [-0.3, -0.25) is 9.59 Å². The minimum Gasteiger partial charge on any atom is -0.342 e. The summed E-state index contributed by atoms with van der Waals surface area (Å²) in [5, 5.41) is 5.80. The third-order valence-electron chi connectivity index (χ3n) is 2.95. The summed E-state index contributed by atoms with van der Waals surface area (Å²) in [5.41, 5.74) is 1.70. The molecule has 0 fully saturated rings. The number of para-hydroxylation sites is 1. The van der Waals surface area contributed by atoms with E-state index in [9.17, 15) is 9.59 Å². The summed E-state index contributed by atoms with van der Waals surface area (Å²) in [6.45, 7) is 1.71. The van der Waals surface area contributed by atoms with E-state index in [-0.39, 0.29) is 23.2 Å². The van der Waals surface area contributed by atoms with Crippen LogP contribution in [0.3, 0.4) is 0 Å². The van der Waals surface area contributed by atoms with E-state index in [2.05, 4.69) is 20.6 Å². The first-order valence-corrected chi connectivity index (χ1v) is 8.31. The van der Waals surface area contributed by atoms with Crippen LogP contribution in [0.4, 0.5) is 5.69 Å². The van der Waals surface area contributed by atoms with Crippen LogP contribution in [0.5, 0.6) is 0 Å². The molecule has 120 valence electrons. The zero-order valence-corrected chi connectivity index (χ0v) is 14.2. The number of aromatic nitrogens is 2. The maximum absolute atomic E-state index is 12.1. The second-order valence-corrected chi connectivity index (χ2v) is 5.78. The van der Waals surface area contributed by atoms with Gasteiger partial charge in [0.25, 0.3) is 5.91 Å². The summed E-state index contributed by atoms with van der Waals surface area (Å²) in [6, 6.07) is 7.39. The summed E-state index contributed by atoms with van der Waals surface area (Å²) in [4.78, 5) is 32.0. The van der Waals surface area contributed by atoms with Crippen molar-refractivity contribution in [1.29, 1.82) is 0 Å². The van der Waals surface area contributed by atoms with Crippen LogP contribution in [0.25, 0.3) is 0 Å². The maximum Gasteiger partial charge on any atom is 0.272 e. The molecule has 2 rings (SSSR count). The molecule has 0 saturated carbocycles. The molecular formula is C15H15ClN4O2S. The van der Waals surface area contributed by atoms with E-state index in [1.807, 2.05) is 25.1 Å². The molecule has 0 aliphatic rings. The van der Waals surface area contributed by atoms with Crippen LogP contribution in [-0.2, 0) is 4.79 Å². The van der Waals surface area contributed by atoms with Crippen molar-refractivity contribution in [1.82, 2.24) is 15.3 Å². The number of thioether (sulfide) groups is 1. The van der Waals surface area contributed by atoms with E-state index < -0.39 is 5.91 Å². The first-order chi connectivity index (χ1) is 11.0. The lowest BCUT2D eigenvalue weighted by molar-refractivity contribution is -0.115. The number of benzene rings is 1. The van der Waals surface area contributed by atoms with E-state index in [1.165, 1.54) is 18.0 Å². The predicted molar refractivity (Wildman–Crippen MR) is 91.0 cm³/mol. The summed E-state index contributed by atoms with van der Waals surface area (Å²) >= 11 is 7.21. The molecule has 0 aliphatic carbocycles. The monoisotopic (exact) mass is 350 g/mol. The molecular weight excluding hydrogens is 336 g/mol. The number of aryl methyl sites for hydroxylation is 1. The number of hydrogen-bond donors (Lipinski definition) is 2. The van der Waals surface area contributed by atoms with Gasteiger partial charge in [-0.1, -0.05) is 41.6 Å². The second-order valence-electron chi connectivity index (χ2n) is 4.60. The zero-order chi connectivity index (χ0) is 16.8. The van der Waals surface area contributed by atoms with Crippen LogP contribution in [0.2, 0.25) is 5.02 Å². The quantitative estimate of drug-likeness (QED) is 0.639. The van der Waals surface area contributed by atoms with Gasteiger partial charge in [-0.25, -0.2) is 9.97 Å². The van der Waals surface area contributed by atoms with Crippen molar-refractivity contribution < 1.29 is 9.59 Å². The Labute approximate surface area is 143 Å². The van der Waals surface area contributed by atoms with Crippen molar-refractivity contribution in [3.8, 4) is 0 Å². The van der Waals surface area contributed by atoms with Gasteiger partial charge < -0.3 is 10.6 Å². The van der Waals surface area contributed by atoms with Crippen LogP contribution in [0.15, 0.2) is 35.6 Å². The van der Waals surface area contributed by atoms with Crippen molar-refractivity contribution in [3.05, 3.63) is 46.7 Å². The number of carbonyl (C=O) groups is 2. The third kappa shape index (κ3) is 4.67. The second kappa shape index (κ2) is 7.94. The molecule has 6 nitrogen and oxygen atoms in total. The summed E-state index contributed by atoms with van der Waals surface area (Å²) in [5.74, 6) is -0.851. The largest absolute Gasteiger partial charge is 0.342 e. The molecule has 8 heteroatoms. The van der Waals surface area contributed by atoms with Gasteiger partial charge >= 0.3 is 0 Å². The van der Waals surface area contributed by atoms with E-state index >= 15 is 0 Å². The fourth-order valence-electron chi connectivity index (χ4n) is 1.76. The van der Waals surface area contributed by atoms with Crippen molar-refractivity contribution in [2.24, 2.45) is 0 Å². The topological polar surface area (TPSA) is 84.0 Å². The Bertz CT molecular complexity index is 739. The molecule has 0 unspecified atom stereocenters. The molecule has 0 saturated heterocycles. The first-order valence-electron chi connectivity index (χ1n) is 6.71. The SMILES string of the molecule is CSc1ncc(Cl)c(C(=O)NCC(=O)Nc2ccccc2C)n1. The van der Waals surface area contributed by atoms with Gasteiger partial charge in [0.15, 0.2) is 10.9 Å². The smallest absolute Gasteiger partial charge is 0.272 e. The van der Waals surface area contributed by atoms with Gasteiger partial charge in [0.1, 0.15) is 0 Å². The zero-order valence-electron chi connectivity index (χ0n) is 12.6. The van der Waals surface area contributed by atoms with E-state index in [1.54, 1.807) is 12.3 Å². The minimum absolute atomic E-state index is 0.0507. The normalized spacial score (nSPS) is 10.2. The molecule has 0 atom stereocenters. The molecule has 2 amide bonds. The van der Waals surface area contributed by atoms with Gasteiger partial charge in [-0.2, -0.15) is 0 Å². The van der Waals surface area contributed by atoms with Crippen molar-refractivity contribution in [2.75, 3.05) is 18.1 Å². The molecule has 0 spiro atoms. The third-order valence-corrected chi connectivity index (χ3v) is 3.79. The molecule has 23 heavy (non-hydrogen) atoms. The molecule has 1 aromatic heterocycles. The highest BCUT2D eigenvalue weighted by Crippen LogP contribution is 2.16. The van der Waals surface area contributed by atoms with Crippen LogP contribution >= 0.6 is 23.4 Å². The van der Waals surface area contributed by atoms with Crippen molar-refractivity contribution in [2.45, 2.75) is 12.1 Å². The van der Waals surface area contributed by atoms with Crippen LogP contribution in [0.1, 0.15) is 16.1 Å². The number of halogens is 1. The molecule has 1 heterocycles. The van der Waals surface area contributed by atoms with Crippen LogP contribution < -0.4 is 10.6 Å². The minimum atomic E-state index is -0.521. The number of carbonyl (C=O) groups excluding carboxylic acids is 2. The number of anilines is 1. The van der Waals surface area contributed by atoms with Crippen LogP contribution in [-0.4, -0.2) is 34.6 Å². The molecule has 2 aromatic rings. The average molecular weight is 351 g/mol. The molecule has 1 aromatic carbocycles. The lowest BCUT2D eigenvalue weighted by Gasteiger charge is -2.09. The van der Waals surface area contributed by atoms with Gasteiger partial charge in [0.05, 0.1) is 17.8 Å². The molecule has 0 aliphatic heterocycles. The highest BCUT2D eigenvalue weighted by atomic mass is 35.5. The van der Waals surface area contributed by atoms with Crippen molar-refractivity contribution >= 4 is 40.9 Å². The molecule has 2 N–H and O–H groups in total. The van der Waals surface area contributed by atoms with Gasteiger partial charge in [0, 0.05) is 5.69 Å². The number of amides is 2. The molecule has 0 bridgehead atoms. The fourth-order valence-corrected chi connectivity index (χ4v) is 2.28. The van der Waals surface area contributed by atoms with E-state index in [4.69, 9.17) is 11.6 Å². The predicted octanol–water partition coefficient (Wildman–Crippen LogP) is 2.53. The first kappa shape index (κ1) is 17.2. The van der Waals surface area contributed by atoms with Gasteiger partial charge in [-0.15, -0.1) is 0 Å². The lowest BCUT2D eigenvalue weighted by Crippen LogP contribution is -2.33. The van der Waals surface area contributed by atoms with Crippen molar-refractivity contribution in [3.63, 3.8) is 0 Å². The fraction of sp³-hybridized carbons (Fsp3) is 0.200. The summed E-state index contributed by atoms with van der Waals surface area (Å²) in [7, 11) is 0. The molecule has 0 radical (unpaired) electrons. The Balaban J connectivity index is 1.96. The average Bonchev–Trinajstić information content (AvgIpc) is 2.55. The highest BCUT2D eigenvalue weighted by Gasteiger charge is 2.15. The number of nitrogens with zero attached hydrogens (tertiary/aromatic N) is 2. The Kier molecular flexibility index (Phi) is 5.95. The summed E-state index contributed by atoms with van der Waals surface area (Å²) in [6.07, 6.45) is 3.16. The highest BCUT2D eigenvalue weighted by molar-refractivity contribution is 7.98. The standard InChI is InChI=1S/C15H15ClN4O2S/c1-9-5-3-4-6-11(9)19-12(21)8-17-14(22)13-10(16)7-18-15(20-13)23-2/h3-7H,8H2,1-2H3,(H,17,22)(H,19,21). The van der Waals surface area contributed by atoms with Crippen LogP contribution in [0, 0.1) is 6.92 Å². The lowest BCUT2D eigenvalue weighted by atomic mass is 10.2. The Morgan fingerprint density at radius 2 is 2.04 bits per heavy atom. The Morgan fingerprint density at radius 3 is 2.74 bits per heavy atom. The maximum atomic E-state index is 12.1. The number of nitrogens with one attached hydrogen (secondary N) is 2.